The van der Waals surface area contributed by atoms with Gasteiger partial charge in [-0.05, 0) is 6.42 Å². The molecule has 1 fully saturated rings. The molecule has 0 spiro atoms. The smallest absolute Gasteiger partial charge is 0.0140 e. The molecule has 2 atom stereocenters. The van der Waals surface area contributed by atoms with Crippen molar-refractivity contribution in [2.24, 2.45) is 5.73 Å². The van der Waals surface area contributed by atoms with E-state index < -0.39 is 0 Å². The first-order chi connectivity index (χ1) is 3.29. The average molecular weight is 117 g/mol. The zero-order valence-electron chi connectivity index (χ0n) is 4.55. The van der Waals surface area contributed by atoms with Crippen LogP contribution in [0.25, 0.3) is 0 Å². The van der Waals surface area contributed by atoms with E-state index in [1.807, 2.05) is 11.8 Å². The van der Waals surface area contributed by atoms with Gasteiger partial charge in [-0.15, -0.1) is 0 Å². The molecule has 0 aliphatic carbocycles. The molecule has 1 aliphatic rings. The summed E-state index contributed by atoms with van der Waals surface area (Å²) in [4.78, 5) is 0. The Morgan fingerprint density at radius 1 is 1.71 bits per heavy atom. The summed E-state index contributed by atoms with van der Waals surface area (Å²) < 4.78 is 0. The predicted molar refractivity (Wildman–Crippen MR) is 34.5 cm³/mol. The fourth-order valence-corrected chi connectivity index (χ4v) is 1.95. The molecule has 1 heterocycles. The molecule has 0 aromatic carbocycles. The number of rotatable bonds is 0. The van der Waals surface area contributed by atoms with Crippen molar-refractivity contribution in [1.29, 1.82) is 0 Å². The van der Waals surface area contributed by atoms with Crippen LogP contribution in [0.2, 0.25) is 0 Å². The molecule has 0 bridgehead atoms. The summed E-state index contributed by atoms with van der Waals surface area (Å²) in [6.45, 7) is 2.23. The normalized spacial score (nSPS) is 42.0. The van der Waals surface area contributed by atoms with Crippen molar-refractivity contribution in [3.63, 3.8) is 0 Å². The first kappa shape index (κ1) is 5.45. The first-order valence-corrected chi connectivity index (χ1v) is 3.71. The maximum Gasteiger partial charge on any atom is 0.0140 e. The summed E-state index contributed by atoms with van der Waals surface area (Å²) in [6.07, 6.45) is 1.21. The van der Waals surface area contributed by atoms with Gasteiger partial charge in [-0.1, -0.05) is 6.92 Å². The molecule has 1 rings (SSSR count). The van der Waals surface area contributed by atoms with Gasteiger partial charge in [0.25, 0.3) is 0 Å². The lowest BCUT2D eigenvalue weighted by molar-refractivity contribution is 0.705. The summed E-state index contributed by atoms with van der Waals surface area (Å²) in [6, 6.07) is 0.486. The third-order valence-corrected chi connectivity index (χ3v) is 2.61. The molecule has 0 saturated carbocycles. The van der Waals surface area contributed by atoms with Crippen LogP contribution in [0.15, 0.2) is 0 Å². The fraction of sp³-hybridized carbons (Fsp3) is 1.00. The van der Waals surface area contributed by atoms with Gasteiger partial charge in [0, 0.05) is 17.0 Å². The van der Waals surface area contributed by atoms with E-state index in [-0.39, 0.29) is 0 Å². The largest absolute Gasteiger partial charge is 0.327 e. The number of nitrogens with two attached hydrogens (primary N) is 1. The molecule has 0 aromatic rings. The van der Waals surface area contributed by atoms with Crippen molar-refractivity contribution < 1.29 is 0 Å². The topological polar surface area (TPSA) is 26.0 Å². The lowest BCUT2D eigenvalue weighted by Gasteiger charge is -1.95. The Morgan fingerprint density at radius 3 is 2.57 bits per heavy atom. The Bertz CT molecular complexity index is 57.1. The van der Waals surface area contributed by atoms with Crippen molar-refractivity contribution in [1.82, 2.24) is 0 Å². The van der Waals surface area contributed by atoms with Gasteiger partial charge in [-0.2, -0.15) is 11.8 Å². The van der Waals surface area contributed by atoms with Crippen LogP contribution in [0, 0.1) is 0 Å². The summed E-state index contributed by atoms with van der Waals surface area (Å²) in [5.41, 5.74) is 5.60. The molecule has 0 amide bonds. The van der Waals surface area contributed by atoms with E-state index in [2.05, 4.69) is 6.92 Å². The van der Waals surface area contributed by atoms with Gasteiger partial charge in [0.1, 0.15) is 0 Å². The quantitative estimate of drug-likeness (QED) is 0.509. The van der Waals surface area contributed by atoms with Crippen LogP contribution in [0.5, 0.6) is 0 Å². The Kier molecular flexibility index (Phi) is 1.60. The van der Waals surface area contributed by atoms with Gasteiger partial charge in [-0.25, -0.2) is 0 Å². The molecule has 0 radical (unpaired) electrons. The average Bonchev–Trinajstić information content (AvgIpc) is 1.87. The zero-order chi connectivity index (χ0) is 5.28. The van der Waals surface area contributed by atoms with Crippen LogP contribution < -0.4 is 5.73 Å². The molecular weight excluding hydrogens is 106 g/mol. The number of hydrogen-bond acceptors (Lipinski definition) is 2. The molecular formula is C5H11NS. The van der Waals surface area contributed by atoms with Gasteiger partial charge in [0.05, 0.1) is 0 Å². The Morgan fingerprint density at radius 2 is 2.43 bits per heavy atom. The number of hydrogen-bond donors (Lipinski definition) is 1. The summed E-state index contributed by atoms with van der Waals surface area (Å²) in [7, 11) is 0. The monoisotopic (exact) mass is 117 g/mol. The summed E-state index contributed by atoms with van der Waals surface area (Å²) in [5.74, 6) is 1.17. The third-order valence-electron chi connectivity index (χ3n) is 1.23. The first-order valence-electron chi connectivity index (χ1n) is 2.66. The van der Waals surface area contributed by atoms with Crippen molar-refractivity contribution in [3.8, 4) is 0 Å². The highest BCUT2D eigenvalue weighted by Gasteiger charge is 2.16. The maximum absolute atomic E-state index is 5.60. The minimum atomic E-state index is 0.486. The van der Waals surface area contributed by atoms with Gasteiger partial charge in [0.2, 0.25) is 0 Å². The molecule has 0 aromatic heterocycles. The Labute approximate surface area is 48.7 Å². The van der Waals surface area contributed by atoms with E-state index in [0.29, 0.717) is 6.04 Å². The van der Waals surface area contributed by atoms with Crippen LogP contribution in [0.1, 0.15) is 13.3 Å². The third kappa shape index (κ3) is 1.35. The van der Waals surface area contributed by atoms with Gasteiger partial charge in [-0.3, -0.25) is 0 Å². The second-order valence-electron chi connectivity index (χ2n) is 2.14. The minimum absolute atomic E-state index is 0.486. The van der Waals surface area contributed by atoms with Crippen LogP contribution in [0.4, 0.5) is 0 Å². The molecule has 2 heteroatoms. The van der Waals surface area contributed by atoms with Crippen LogP contribution in [0.3, 0.4) is 0 Å². The van der Waals surface area contributed by atoms with E-state index >= 15 is 0 Å². The molecule has 2 N–H and O–H groups in total. The van der Waals surface area contributed by atoms with E-state index in [0.717, 1.165) is 5.25 Å². The van der Waals surface area contributed by atoms with Crippen molar-refractivity contribution in [2.75, 3.05) is 5.75 Å². The summed E-state index contributed by atoms with van der Waals surface area (Å²) in [5, 5.41) is 0.815. The summed E-state index contributed by atoms with van der Waals surface area (Å²) >= 11 is 1.98. The molecule has 7 heavy (non-hydrogen) atoms. The SMILES string of the molecule is C[C@@H]1C[C@H](N)CS1. The van der Waals surface area contributed by atoms with Gasteiger partial charge in [0.15, 0.2) is 0 Å². The Balaban J connectivity index is 2.26. The predicted octanol–water partition coefficient (Wildman–Crippen LogP) is 0.839. The molecule has 1 nitrogen and oxygen atoms in total. The van der Waals surface area contributed by atoms with Crippen LogP contribution >= 0.6 is 11.8 Å². The van der Waals surface area contributed by atoms with Gasteiger partial charge >= 0.3 is 0 Å². The standard InChI is InChI=1S/C5H11NS/c1-4-2-5(6)3-7-4/h4-5H,2-3,6H2,1H3/t4-,5+/m1/s1. The second kappa shape index (κ2) is 2.05. The molecule has 0 unspecified atom stereocenters. The molecule has 1 saturated heterocycles. The molecule has 42 valence electrons. The van der Waals surface area contributed by atoms with Gasteiger partial charge < -0.3 is 5.73 Å². The number of thioether (sulfide) groups is 1. The zero-order valence-corrected chi connectivity index (χ0v) is 5.37. The fourth-order valence-electron chi connectivity index (χ4n) is 0.850. The lowest BCUT2D eigenvalue weighted by Crippen LogP contribution is -2.18. The molecule has 1 aliphatic heterocycles. The highest BCUT2D eigenvalue weighted by molar-refractivity contribution is 8.00. The highest BCUT2D eigenvalue weighted by atomic mass is 32.2. The van der Waals surface area contributed by atoms with E-state index in [1.165, 1.54) is 12.2 Å². The Hall–Kier alpha value is 0.310. The van der Waals surface area contributed by atoms with Crippen molar-refractivity contribution in [3.05, 3.63) is 0 Å². The minimum Gasteiger partial charge on any atom is -0.327 e. The second-order valence-corrected chi connectivity index (χ2v) is 3.61. The van der Waals surface area contributed by atoms with Crippen molar-refractivity contribution >= 4 is 11.8 Å². The van der Waals surface area contributed by atoms with E-state index in [9.17, 15) is 0 Å². The van der Waals surface area contributed by atoms with Crippen LogP contribution in [-0.4, -0.2) is 17.0 Å². The lowest BCUT2D eigenvalue weighted by atomic mass is 10.2. The maximum atomic E-state index is 5.60. The highest BCUT2D eigenvalue weighted by Crippen LogP contribution is 2.23. The van der Waals surface area contributed by atoms with E-state index in [4.69, 9.17) is 5.73 Å². The van der Waals surface area contributed by atoms with Crippen LogP contribution in [-0.2, 0) is 0 Å². The van der Waals surface area contributed by atoms with Crippen molar-refractivity contribution in [2.45, 2.75) is 24.6 Å². The van der Waals surface area contributed by atoms with E-state index in [1.54, 1.807) is 0 Å².